The highest BCUT2D eigenvalue weighted by Crippen LogP contribution is 2.43. The summed E-state index contributed by atoms with van der Waals surface area (Å²) >= 11 is 0. The van der Waals surface area contributed by atoms with E-state index in [0.29, 0.717) is 32.1 Å². The Kier molecular flexibility index (Phi) is 38.1. The van der Waals surface area contributed by atoms with Gasteiger partial charge in [0, 0.05) is 12.8 Å². The standard InChI is InChI=1S/C46H74O15P2/c1-3-5-7-8-9-10-11-12-13-14-15-16-20-23-29-35-45(50)57-39-44(40-60-63(55,56)59-38-43(49)37-58-62(52,53)54)61-46(51)36-30-24-28-34-42(48)33-27-22-19-17-18-21-26-32-41(47)31-25-6-4-2/h5-7,9-10,12-13,18-19,21-22,25-28,32-34,41-44,47-49H,3-4,8,11,14-17,20,23-24,29-31,35-40H2,1-2H3,(H,55,56)(H2,52,53,54)/b7-5-,10-9-,13-12-,21-18-,22-19-,25-6-,32-26+,33-27+,34-28-/t41-,42-,43-,44+/m0/s1. The topological polar surface area (TPSA) is 236 Å². The summed E-state index contributed by atoms with van der Waals surface area (Å²) in [4.78, 5) is 52.7. The molecule has 0 aromatic carbocycles. The average molecular weight is 929 g/mol. The smallest absolute Gasteiger partial charge is 0.462 e. The fourth-order valence-electron chi connectivity index (χ4n) is 5.04. The van der Waals surface area contributed by atoms with E-state index in [9.17, 15) is 38.9 Å². The zero-order chi connectivity index (χ0) is 46.9. The molecule has 0 saturated heterocycles. The summed E-state index contributed by atoms with van der Waals surface area (Å²) in [5, 5.41) is 29.8. The Morgan fingerprint density at radius 3 is 1.79 bits per heavy atom. The predicted molar refractivity (Wildman–Crippen MR) is 246 cm³/mol. The molecule has 0 aromatic rings. The first-order valence-corrected chi connectivity index (χ1v) is 24.8. The van der Waals surface area contributed by atoms with Crippen molar-refractivity contribution in [2.45, 2.75) is 141 Å². The molecule has 0 amide bonds. The molecule has 0 saturated carbocycles. The summed E-state index contributed by atoms with van der Waals surface area (Å²) in [5.74, 6) is -1.25. The van der Waals surface area contributed by atoms with Gasteiger partial charge in [-0.1, -0.05) is 142 Å². The second-order valence-corrected chi connectivity index (χ2v) is 16.9. The van der Waals surface area contributed by atoms with E-state index >= 15 is 0 Å². The summed E-state index contributed by atoms with van der Waals surface area (Å²) in [5.41, 5.74) is 0. The maximum Gasteiger partial charge on any atom is 0.472 e. The molecular formula is C46H74O15P2. The number of hydrogen-bond donors (Lipinski definition) is 6. The lowest BCUT2D eigenvalue weighted by atomic mass is 10.1. The number of hydrogen-bond acceptors (Lipinski definition) is 12. The van der Waals surface area contributed by atoms with Crippen molar-refractivity contribution in [3.63, 3.8) is 0 Å². The van der Waals surface area contributed by atoms with Gasteiger partial charge in [0.25, 0.3) is 0 Å². The molecule has 358 valence electrons. The van der Waals surface area contributed by atoms with Crippen LogP contribution in [0.5, 0.6) is 0 Å². The molecule has 15 nitrogen and oxygen atoms in total. The minimum Gasteiger partial charge on any atom is -0.462 e. The summed E-state index contributed by atoms with van der Waals surface area (Å²) < 4.78 is 47.6. The molecule has 0 aromatic heterocycles. The maximum absolute atomic E-state index is 12.7. The van der Waals surface area contributed by atoms with Crippen LogP contribution in [0, 0.1) is 0 Å². The van der Waals surface area contributed by atoms with Crippen molar-refractivity contribution in [3.8, 4) is 0 Å². The number of carbonyl (C=O) groups excluding carboxylic acids is 2. The third-order valence-electron chi connectivity index (χ3n) is 8.32. The maximum atomic E-state index is 12.7. The molecule has 0 heterocycles. The van der Waals surface area contributed by atoms with Crippen LogP contribution in [-0.2, 0) is 41.8 Å². The minimum absolute atomic E-state index is 0.0656. The Labute approximate surface area is 375 Å². The molecule has 63 heavy (non-hydrogen) atoms. The fraction of sp³-hybridized carbons (Fsp3) is 0.565. The van der Waals surface area contributed by atoms with Crippen LogP contribution in [0.3, 0.4) is 0 Å². The quantitative estimate of drug-likeness (QED) is 0.0111. The molecule has 1 unspecified atom stereocenters. The predicted octanol–water partition coefficient (Wildman–Crippen LogP) is 9.05. The average Bonchev–Trinajstić information content (AvgIpc) is 3.23. The van der Waals surface area contributed by atoms with Gasteiger partial charge in [-0.25, -0.2) is 9.13 Å². The number of unbranched alkanes of at least 4 members (excludes halogenated alkanes) is 6. The normalized spacial score (nSPS) is 16.0. The lowest BCUT2D eigenvalue weighted by Crippen LogP contribution is -2.29. The van der Waals surface area contributed by atoms with E-state index in [1.54, 1.807) is 42.5 Å². The molecule has 17 heteroatoms. The number of allylic oxidation sites excluding steroid dienone is 14. The highest BCUT2D eigenvalue weighted by atomic mass is 31.2. The van der Waals surface area contributed by atoms with Crippen LogP contribution in [0.4, 0.5) is 0 Å². The molecule has 0 rings (SSSR count). The Balaban J connectivity index is 4.82. The molecule has 0 radical (unpaired) electrons. The van der Waals surface area contributed by atoms with E-state index < -0.39 is 78.4 Å². The summed E-state index contributed by atoms with van der Waals surface area (Å²) in [6.45, 7) is 1.19. The second kappa shape index (κ2) is 40.2. The number of aliphatic hydroxyl groups is 3. The molecule has 0 bridgehead atoms. The van der Waals surface area contributed by atoms with E-state index in [1.807, 2.05) is 37.3 Å². The van der Waals surface area contributed by atoms with Gasteiger partial charge >= 0.3 is 27.6 Å². The summed E-state index contributed by atoms with van der Waals surface area (Å²) in [6, 6.07) is 0. The van der Waals surface area contributed by atoms with Crippen molar-refractivity contribution in [2.75, 3.05) is 26.4 Å². The van der Waals surface area contributed by atoms with Crippen molar-refractivity contribution in [1.29, 1.82) is 0 Å². The van der Waals surface area contributed by atoms with Gasteiger partial charge in [0.1, 0.15) is 12.7 Å². The molecule has 5 atom stereocenters. The Morgan fingerprint density at radius 1 is 0.540 bits per heavy atom. The van der Waals surface area contributed by atoms with Gasteiger partial charge in [-0.15, -0.1) is 0 Å². The van der Waals surface area contributed by atoms with Crippen molar-refractivity contribution in [3.05, 3.63) is 109 Å². The number of aliphatic hydroxyl groups excluding tert-OH is 3. The fourth-order valence-corrected chi connectivity index (χ4v) is 6.20. The van der Waals surface area contributed by atoms with Crippen molar-refractivity contribution in [2.24, 2.45) is 0 Å². The molecule has 0 spiro atoms. The molecule has 0 aliphatic rings. The summed E-state index contributed by atoms with van der Waals surface area (Å²) in [6.07, 6.45) is 41.5. The molecular weight excluding hydrogens is 854 g/mol. The van der Waals surface area contributed by atoms with Crippen molar-refractivity contribution >= 4 is 27.6 Å². The Bertz CT molecular complexity index is 1560. The van der Waals surface area contributed by atoms with Gasteiger partial charge in [-0.3, -0.25) is 23.2 Å². The van der Waals surface area contributed by atoms with Crippen LogP contribution in [-0.4, -0.2) is 92.8 Å². The third kappa shape index (κ3) is 43.7. The van der Waals surface area contributed by atoms with E-state index in [1.165, 1.54) is 0 Å². The first kappa shape index (κ1) is 59.7. The van der Waals surface area contributed by atoms with Crippen molar-refractivity contribution in [1.82, 2.24) is 0 Å². The highest BCUT2D eigenvalue weighted by molar-refractivity contribution is 7.47. The number of ether oxygens (including phenoxy) is 2. The first-order valence-electron chi connectivity index (χ1n) is 21.8. The number of carbonyl (C=O) groups is 2. The zero-order valence-corrected chi connectivity index (χ0v) is 38.9. The van der Waals surface area contributed by atoms with Crippen LogP contribution in [0.2, 0.25) is 0 Å². The number of rotatable bonds is 39. The van der Waals surface area contributed by atoms with Gasteiger partial charge in [-0.05, 0) is 70.6 Å². The Hall–Kier alpha value is -3.30. The lowest BCUT2D eigenvalue weighted by molar-refractivity contribution is -0.161. The largest absolute Gasteiger partial charge is 0.472 e. The van der Waals surface area contributed by atoms with Gasteiger partial charge in [0.15, 0.2) is 6.10 Å². The van der Waals surface area contributed by atoms with Crippen LogP contribution < -0.4 is 0 Å². The van der Waals surface area contributed by atoms with Crippen LogP contribution in [0.15, 0.2) is 109 Å². The molecule has 0 aliphatic heterocycles. The van der Waals surface area contributed by atoms with Crippen LogP contribution in [0.1, 0.15) is 117 Å². The zero-order valence-electron chi connectivity index (χ0n) is 37.1. The van der Waals surface area contributed by atoms with Gasteiger partial charge in [-0.2, -0.15) is 0 Å². The van der Waals surface area contributed by atoms with Crippen molar-refractivity contribution < 1.29 is 71.8 Å². The van der Waals surface area contributed by atoms with E-state index in [4.69, 9.17) is 23.8 Å². The van der Waals surface area contributed by atoms with E-state index in [2.05, 4.69) is 52.4 Å². The summed E-state index contributed by atoms with van der Waals surface area (Å²) in [7, 11) is -9.77. The monoisotopic (exact) mass is 928 g/mol. The second-order valence-electron chi connectivity index (χ2n) is 14.3. The minimum atomic E-state index is -4.90. The molecule has 0 fully saturated rings. The Morgan fingerprint density at radius 2 is 1.10 bits per heavy atom. The van der Waals surface area contributed by atoms with Gasteiger partial charge in [0.2, 0.25) is 0 Å². The van der Waals surface area contributed by atoms with Gasteiger partial charge < -0.3 is 39.5 Å². The highest BCUT2D eigenvalue weighted by Gasteiger charge is 2.28. The third-order valence-corrected chi connectivity index (χ3v) is 9.76. The molecule has 0 aliphatic carbocycles. The lowest BCUT2D eigenvalue weighted by Gasteiger charge is -2.20. The van der Waals surface area contributed by atoms with Crippen LogP contribution in [0.25, 0.3) is 0 Å². The van der Waals surface area contributed by atoms with Crippen LogP contribution >= 0.6 is 15.6 Å². The SMILES string of the molecule is CC/C=C\C/C=C\C/C=C\CCCCCCCC(=O)OC[C@H](COP(=O)(O)OC[C@@H](O)COP(=O)(O)O)OC(=O)CCC/C=C\[C@@H](O)/C=C/C=C\C/C=C\C=C\[C@@H](O)C/C=C\CC. The van der Waals surface area contributed by atoms with E-state index in [-0.39, 0.29) is 12.8 Å². The van der Waals surface area contributed by atoms with E-state index in [0.717, 1.165) is 57.8 Å². The first-order chi connectivity index (χ1) is 30.2. The molecule has 6 N–H and O–H groups in total. The number of esters is 2. The number of phosphoric ester groups is 2. The van der Waals surface area contributed by atoms with Gasteiger partial charge in [0.05, 0.1) is 32.0 Å². The number of phosphoric acid groups is 2.